The molecule has 0 unspecified atom stereocenters. The lowest BCUT2D eigenvalue weighted by atomic mass is 10.3. The first-order valence-corrected chi connectivity index (χ1v) is 6.72. The van der Waals surface area contributed by atoms with Crippen LogP contribution in [-0.2, 0) is 6.18 Å². The summed E-state index contributed by atoms with van der Waals surface area (Å²) < 4.78 is 37.3. The van der Waals surface area contributed by atoms with E-state index in [-0.39, 0.29) is 0 Å². The molecule has 2 aromatic heterocycles. The number of rotatable bonds is 4. The maximum absolute atomic E-state index is 12.4. The fourth-order valence-electron chi connectivity index (χ4n) is 1.47. The van der Waals surface area contributed by atoms with Crippen LogP contribution in [0.4, 0.5) is 19.0 Å². The predicted octanol–water partition coefficient (Wildman–Crippen LogP) is 4.08. The smallest absolute Gasteiger partial charge is 0.370 e. The van der Waals surface area contributed by atoms with Crippen LogP contribution in [0.25, 0.3) is 0 Å². The number of aromatic nitrogens is 2. The summed E-state index contributed by atoms with van der Waals surface area (Å²) >= 11 is 1.22. The Hall–Kier alpha value is -1.76. The van der Waals surface area contributed by atoms with Gasteiger partial charge in [0.1, 0.15) is 15.9 Å². The van der Waals surface area contributed by atoms with Gasteiger partial charge < -0.3 is 5.32 Å². The minimum Gasteiger partial charge on any atom is -0.370 e. The predicted molar refractivity (Wildman–Crippen MR) is 71.8 cm³/mol. The van der Waals surface area contributed by atoms with Gasteiger partial charge in [-0.15, -0.1) is 0 Å². The van der Waals surface area contributed by atoms with Gasteiger partial charge in [-0.05, 0) is 31.2 Å². The lowest BCUT2D eigenvalue weighted by molar-refractivity contribution is -0.137. The van der Waals surface area contributed by atoms with Crippen LogP contribution in [0.1, 0.15) is 12.5 Å². The molecule has 0 bridgehead atoms. The van der Waals surface area contributed by atoms with Crippen LogP contribution in [0.3, 0.4) is 0 Å². The zero-order chi connectivity index (χ0) is 14.6. The fraction of sp³-hybridized carbons (Fsp3) is 0.231. The van der Waals surface area contributed by atoms with Gasteiger partial charge in [0.2, 0.25) is 0 Å². The second-order valence-corrected chi connectivity index (χ2v) is 4.92. The Labute approximate surface area is 118 Å². The Kier molecular flexibility index (Phi) is 4.49. The molecule has 0 saturated carbocycles. The van der Waals surface area contributed by atoms with Crippen molar-refractivity contribution in [3.63, 3.8) is 0 Å². The topological polar surface area (TPSA) is 37.8 Å². The normalized spacial score (nSPS) is 11.4. The molecule has 0 spiro atoms. The largest absolute Gasteiger partial charge is 0.417 e. The molecule has 2 aromatic rings. The lowest BCUT2D eigenvalue weighted by Crippen LogP contribution is -2.05. The molecule has 0 atom stereocenters. The van der Waals surface area contributed by atoms with Crippen molar-refractivity contribution in [2.75, 3.05) is 11.9 Å². The van der Waals surface area contributed by atoms with Gasteiger partial charge in [0, 0.05) is 12.7 Å². The number of nitrogens with one attached hydrogen (secondary N) is 1. The second kappa shape index (κ2) is 6.13. The van der Waals surface area contributed by atoms with E-state index in [4.69, 9.17) is 0 Å². The van der Waals surface area contributed by atoms with Crippen molar-refractivity contribution in [2.24, 2.45) is 0 Å². The Morgan fingerprint density at radius 1 is 1.15 bits per heavy atom. The monoisotopic (exact) mass is 299 g/mol. The Morgan fingerprint density at radius 3 is 2.55 bits per heavy atom. The number of anilines is 1. The number of pyridine rings is 2. The Balaban J connectivity index is 2.12. The molecule has 1 N–H and O–H groups in total. The first-order chi connectivity index (χ1) is 9.49. The van der Waals surface area contributed by atoms with Crippen LogP contribution in [-0.4, -0.2) is 16.5 Å². The molecule has 0 aromatic carbocycles. The molecule has 0 saturated heterocycles. The molecule has 3 nitrogen and oxygen atoms in total. The molecule has 20 heavy (non-hydrogen) atoms. The molecule has 0 aliphatic rings. The first-order valence-electron chi connectivity index (χ1n) is 5.91. The molecule has 0 fully saturated rings. The first kappa shape index (κ1) is 14.6. The van der Waals surface area contributed by atoms with Crippen molar-refractivity contribution in [1.29, 1.82) is 0 Å². The van der Waals surface area contributed by atoms with Gasteiger partial charge in [0.15, 0.2) is 0 Å². The number of alkyl halides is 3. The van der Waals surface area contributed by atoms with E-state index in [1.54, 1.807) is 6.07 Å². The Morgan fingerprint density at radius 2 is 1.95 bits per heavy atom. The Bertz CT molecular complexity index is 570. The summed E-state index contributed by atoms with van der Waals surface area (Å²) in [5.74, 6) is 0.726. The maximum atomic E-state index is 12.4. The number of hydrogen-bond acceptors (Lipinski definition) is 4. The summed E-state index contributed by atoms with van der Waals surface area (Å²) in [5, 5.41) is 4.22. The highest BCUT2D eigenvalue weighted by Gasteiger charge is 2.30. The van der Waals surface area contributed by atoms with Crippen LogP contribution in [0, 0.1) is 0 Å². The molecule has 106 valence electrons. The fourth-order valence-corrected chi connectivity index (χ4v) is 2.21. The number of halogens is 3. The van der Waals surface area contributed by atoms with E-state index in [0.29, 0.717) is 10.1 Å². The second-order valence-electron chi connectivity index (χ2n) is 3.88. The summed E-state index contributed by atoms with van der Waals surface area (Å²) in [7, 11) is 0. The molecule has 0 aliphatic carbocycles. The van der Waals surface area contributed by atoms with Crippen molar-refractivity contribution in [1.82, 2.24) is 9.97 Å². The molecular weight excluding hydrogens is 287 g/mol. The van der Waals surface area contributed by atoms with E-state index in [1.165, 1.54) is 17.8 Å². The third-order valence-electron chi connectivity index (χ3n) is 2.35. The van der Waals surface area contributed by atoms with E-state index in [1.807, 2.05) is 19.1 Å². The summed E-state index contributed by atoms with van der Waals surface area (Å²) in [4.78, 5) is 8.12. The third kappa shape index (κ3) is 3.86. The number of hydrogen-bond donors (Lipinski definition) is 1. The van der Waals surface area contributed by atoms with Gasteiger partial charge in [-0.2, -0.15) is 13.2 Å². The minimum atomic E-state index is -4.36. The van der Waals surface area contributed by atoms with Crippen molar-refractivity contribution in [2.45, 2.75) is 23.2 Å². The SMILES string of the molecule is CCNc1cccc(Sc2ccc(C(F)(F)F)cn2)n1. The summed E-state index contributed by atoms with van der Waals surface area (Å²) in [5.41, 5.74) is -0.754. The van der Waals surface area contributed by atoms with Crippen LogP contribution in [0.2, 0.25) is 0 Å². The summed E-state index contributed by atoms with van der Waals surface area (Å²) in [6.45, 7) is 2.71. The maximum Gasteiger partial charge on any atom is 0.417 e. The minimum absolute atomic E-state index is 0.471. The van der Waals surface area contributed by atoms with E-state index < -0.39 is 11.7 Å². The quantitative estimate of drug-likeness (QED) is 0.923. The summed E-state index contributed by atoms with van der Waals surface area (Å²) in [6.07, 6.45) is -3.53. The van der Waals surface area contributed by atoms with Crippen LogP contribution in [0.15, 0.2) is 46.6 Å². The van der Waals surface area contributed by atoms with E-state index in [9.17, 15) is 13.2 Å². The highest BCUT2D eigenvalue weighted by atomic mass is 32.2. The number of nitrogens with zero attached hydrogens (tertiary/aromatic N) is 2. The van der Waals surface area contributed by atoms with Crippen LogP contribution < -0.4 is 5.32 Å². The van der Waals surface area contributed by atoms with Crippen LogP contribution >= 0.6 is 11.8 Å². The van der Waals surface area contributed by atoms with Gasteiger partial charge >= 0.3 is 6.18 Å². The summed E-state index contributed by atoms with van der Waals surface area (Å²) in [6, 6.07) is 7.80. The van der Waals surface area contributed by atoms with Gasteiger partial charge in [-0.3, -0.25) is 0 Å². The van der Waals surface area contributed by atoms with Gasteiger partial charge in [-0.1, -0.05) is 17.8 Å². The molecule has 7 heteroatoms. The molecule has 2 heterocycles. The highest BCUT2D eigenvalue weighted by Crippen LogP contribution is 2.31. The molecule has 0 radical (unpaired) electrons. The highest BCUT2D eigenvalue weighted by molar-refractivity contribution is 7.99. The van der Waals surface area contributed by atoms with Crippen LogP contribution in [0.5, 0.6) is 0 Å². The van der Waals surface area contributed by atoms with E-state index in [2.05, 4.69) is 15.3 Å². The van der Waals surface area contributed by atoms with E-state index in [0.717, 1.165) is 24.6 Å². The van der Waals surface area contributed by atoms with Crippen molar-refractivity contribution < 1.29 is 13.2 Å². The average molecular weight is 299 g/mol. The standard InChI is InChI=1S/C13H12F3N3S/c1-2-17-10-4-3-5-12(19-10)20-11-7-6-9(8-18-11)13(14,15)16/h3-8H,2H2,1H3,(H,17,19). The van der Waals surface area contributed by atoms with Gasteiger partial charge in [-0.25, -0.2) is 9.97 Å². The van der Waals surface area contributed by atoms with Gasteiger partial charge in [0.25, 0.3) is 0 Å². The zero-order valence-electron chi connectivity index (χ0n) is 10.6. The van der Waals surface area contributed by atoms with E-state index >= 15 is 0 Å². The molecular formula is C13H12F3N3S. The van der Waals surface area contributed by atoms with Crippen molar-refractivity contribution >= 4 is 17.6 Å². The third-order valence-corrected chi connectivity index (χ3v) is 3.24. The zero-order valence-corrected chi connectivity index (χ0v) is 11.4. The molecule has 2 rings (SSSR count). The van der Waals surface area contributed by atoms with Crippen molar-refractivity contribution in [3.8, 4) is 0 Å². The van der Waals surface area contributed by atoms with Gasteiger partial charge in [0.05, 0.1) is 5.56 Å². The van der Waals surface area contributed by atoms with Crippen molar-refractivity contribution in [3.05, 3.63) is 42.1 Å². The lowest BCUT2D eigenvalue weighted by Gasteiger charge is -2.07. The molecule has 0 aliphatic heterocycles. The average Bonchev–Trinajstić information content (AvgIpc) is 2.39. The molecule has 0 amide bonds.